The van der Waals surface area contributed by atoms with Gasteiger partial charge >= 0.3 is 6.09 Å². The van der Waals surface area contributed by atoms with Gasteiger partial charge in [0, 0.05) is 22.9 Å². The predicted molar refractivity (Wildman–Crippen MR) is 175 cm³/mol. The van der Waals surface area contributed by atoms with Crippen LogP contribution in [-0.4, -0.2) is 50.2 Å². The van der Waals surface area contributed by atoms with Crippen LogP contribution in [0.4, 0.5) is 9.18 Å². The standard InChI is InChI=1S/C34H30ClFN6O2S/c1-34(2,3)44-33(43)41-14-12-22(15-21(41)11-13-37)42-31-24-16-26(35)28(29(36)30(24)40-32(45-4)25(31)18-39-42)23-10-6-8-19-7-5-9-20(17-38)27(19)23/h5-10,16,18,21-22H,11-12,14-15H2,1-4H3/t21-,22+/m1/s1. The summed E-state index contributed by atoms with van der Waals surface area (Å²) in [5.74, 6) is -0.579. The number of nitriles is 2. The van der Waals surface area contributed by atoms with Crippen LogP contribution < -0.4 is 0 Å². The Bertz CT molecular complexity index is 2070. The van der Waals surface area contributed by atoms with Gasteiger partial charge in [0.15, 0.2) is 5.82 Å². The molecule has 1 amide bonds. The number of halogens is 2. The van der Waals surface area contributed by atoms with Crippen molar-refractivity contribution in [3.05, 3.63) is 65.1 Å². The zero-order chi connectivity index (χ0) is 32.0. The number of carbonyl (C=O) groups excluding carboxylic acids is 1. The lowest BCUT2D eigenvalue weighted by Gasteiger charge is -2.39. The number of pyridine rings is 1. The van der Waals surface area contributed by atoms with Gasteiger partial charge in [0.2, 0.25) is 0 Å². The largest absolute Gasteiger partial charge is 0.444 e. The van der Waals surface area contributed by atoms with Crippen molar-refractivity contribution in [1.29, 1.82) is 10.5 Å². The first-order chi connectivity index (χ1) is 21.6. The molecule has 1 fully saturated rings. The van der Waals surface area contributed by atoms with Crippen molar-refractivity contribution in [2.24, 2.45) is 0 Å². The van der Waals surface area contributed by atoms with E-state index in [-0.39, 0.29) is 34.6 Å². The molecule has 3 aromatic carbocycles. The molecule has 45 heavy (non-hydrogen) atoms. The van der Waals surface area contributed by atoms with Gasteiger partial charge in [-0.2, -0.15) is 15.6 Å². The van der Waals surface area contributed by atoms with Gasteiger partial charge in [-0.15, -0.1) is 11.8 Å². The minimum Gasteiger partial charge on any atom is -0.444 e. The number of fused-ring (bicyclic) bond motifs is 4. The van der Waals surface area contributed by atoms with Gasteiger partial charge in [-0.1, -0.05) is 41.9 Å². The third-order valence-electron chi connectivity index (χ3n) is 8.16. The Labute approximate surface area is 269 Å². The monoisotopic (exact) mass is 640 g/mol. The molecule has 0 radical (unpaired) electrons. The lowest BCUT2D eigenvalue weighted by Crippen LogP contribution is -2.48. The maximum absolute atomic E-state index is 16.8. The van der Waals surface area contributed by atoms with Gasteiger partial charge in [-0.3, -0.25) is 4.68 Å². The van der Waals surface area contributed by atoms with Gasteiger partial charge in [0.05, 0.1) is 58.3 Å². The number of aromatic nitrogens is 3. The van der Waals surface area contributed by atoms with E-state index in [0.717, 1.165) is 10.8 Å². The van der Waals surface area contributed by atoms with Crippen LogP contribution in [0.15, 0.2) is 53.7 Å². The quantitative estimate of drug-likeness (QED) is 0.181. The summed E-state index contributed by atoms with van der Waals surface area (Å²) in [5.41, 5.74) is 1.31. The lowest BCUT2D eigenvalue weighted by atomic mass is 9.93. The summed E-state index contributed by atoms with van der Waals surface area (Å²) in [6.45, 7) is 5.82. The average molecular weight is 641 g/mol. The van der Waals surface area contributed by atoms with E-state index in [1.165, 1.54) is 11.8 Å². The van der Waals surface area contributed by atoms with Crippen molar-refractivity contribution in [2.75, 3.05) is 12.8 Å². The second-order valence-electron chi connectivity index (χ2n) is 12.1. The molecule has 8 nitrogen and oxygen atoms in total. The molecule has 0 unspecified atom stereocenters. The van der Waals surface area contributed by atoms with E-state index in [2.05, 4.69) is 12.1 Å². The van der Waals surface area contributed by atoms with Crippen LogP contribution in [0.1, 0.15) is 51.6 Å². The van der Waals surface area contributed by atoms with Crippen molar-refractivity contribution in [1.82, 2.24) is 19.7 Å². The van der Waals surface area contributed by atoms with E-state index in [0.29, 0.717) is 51.8 Å². The fourth-order valence-corrected chi connectivity index (χ4v) is 7.13. The van der Waals surface area contributed by atoms with Crippen LogP contribution in [0.2, 0.25) is 5.02 Å². The Hall–Kier alpha value is -4.38. The molecule has 2 atom stereocenters. The summed E-state index contributed by atoms with van der Waals surface area (Å²) in [6, 6.07) is 16.5. The molecule has 0 bridgehead atoms. The maximum atomic E-state index is 16.8. The molecule has 2 aromatic heterocycles. The number of likely N-dealkylation sites (tertiary alicyclic amines) is 1. The highest BCUT2D eigenvalue weighted by Crippen LogP contribution is 2.43. The van der Waals surface area contributed by atoms with Crippen LogP contribution in [0.25, 0.3) is 43.7 Å². The zero-order valence-electron chi connectivity index (χ0n) is 25.3. The average Bonchev–Trinajstić information content (AvgIpc) is 3.45. The first-order valence-corrected chi connectivity index (χ1v) is 16.2. The molecule has 1 saturated heterocycles. The molecule has 3 heterocycles. The summed E-state index contributed by atoms with van der Waals surface area (Å²) >= 11 is 8.30. The molecule has 0 saturated carbocycles. The molecule has 5 aromatic rings. The van der Waals surface area contributed by atoms with E-state index in [4.69, 9.17) is 26.4 Å². The van der Waals surface area contributed by atoms with E-state index < -0.39 is 17.5 Å². The molecular weight excluding hydrogens is 611 g/mol. The first kappa shape index (κ1) is 30.6. The SMILES string of the molecule is CSc1nc2c(F)c(-c3cccc4cccc(C#N)c34)c(Cl)cc2c2c1cnn2[C@H]1CCN(C(=O)OC(C)(C)C)[C@H](CC#N)C1. The number of benzene rings is 3. The minimum atomic E-state index is -0.659. The molecule has 0 N–H and O–H groups in total. The van der Waals surface area contributed by atoms with Crippen molar-refractivity contribution in [2.45, 2.75) is 62.7 Å². The number of hydrogen-bond acceptors (Lipinski definition) is 7. The van der Waals surface area contributed by atoms with Gasteiger partial charge in [-0.05, 0) is 63.0 Å². The van der Waals surface area contributed by atoms with E-state index in [9.17, 15) is 15.3 Å². The van der Waals surface area contributed by atoms with Gasteiger partial charge in [-0.25, -0.2) is 14.2 Å². The highest BCUT2D eigenvalue weighted by molar-refractivity contribution is 7.98. The van der Waals surface area contributed by atoms with E-state index in [1.54, 1.807) is 35.4 Å². The molecule has 1 aliphatic heterocycles. The van der Waals surface area contributed by atoms with Gasteiger partial charge < -0.3 is 9.64 Å². The summed E-state index contributed by atoms with van der Waals surface area (Å²) in [4.78, 5) is 19.4. The maximum Gasteiger partial charge on any atom is 0.410 e. The van der Waals surface area contributed by atoms with Crippen molar-refractivity contribution >= 4 is 62.0 Å². The van der Waals surface area contributed by atoms with E-state index >= 15 is 4.39 Å². The number of hydrogen-bond donors (Lipinski definition) is 0. The second-order valence-corrected chi connectivity index (χ2v) is 13.3. The Kier molecular flexibility index (Phi) is 8.07. The highest BCUT2D eigenvalue weighted by Gasteiger charge is 2.36. The molecule has 228 valence electrons. The fraction of sp³-hybridized carbons (Fsp3) is 0.324. The number of nitrogens with zero attached hydrogens (tertiary/aromatic N) is 6. The molecule has 0 aliphatic carbocycles. The molecule has 1 aliphatic rings. The number of carbonyl (C=O) groups is 1. The highest BCUT2D eigenvalue weighted by atomic mass is 35.5. The number of ether oxygens (including phenoxy) is 1. The Morgan fingerprint density at radius 2 is 1.96 bits per heavy atom. The number of amides is 1. The third-order valence-corrected chi connectivity index (χ3v) is 9.16. The molecular formula is C34H30ClFN6O2S. The zero-order valence-corrected chi connectivity index (χ0v) is 26.8. The minimum absolute atomic E-state index is 0.146. The first-order valence-electron chi connectivity index (χ1n) is 14.6. The van der Waals surface area contributed by atoms with Crippen molar-refractivity contribution in [3.8, 4) is 23.3 Å². The summed E-state index contributed by atoms with van der Waals surface area (Å²) in [6.07, 6.45) is 4.36. The predicted octanol–water partition coefficient (Wildman–Crippen LogP) is 8.65. The van der Waals surface area contributed by atoms with Crippen LogP contribution in [0.3, 0.4) is 0 Å². The van der Waals surface area contributed by atoms with Gasteiger partial charge in [0.1, 0.15) is 16.1 Å². The van der Waals surface area contributed by atoms with Crippen LogP contribution >= 0.6 is 23.4 Å². The molecule has 0 spiro atoms. The lowest BCUT2D eigenvalue weighted by molar-refractivity contribution is 0.00565. The van der Waals surface area contributed by atoms with Gasteiger partial charge in [0.25, 0.3) is 0 Å². The normalized spacial score (nSPS) is 17.0. The Balaban J connectivity index is 1.50. The second kappa shape index (κ2) is 11.8. The number of rotatable bonds is 4. The Morgan fingerprint density at radius 3 is 2.64 bits per heavy atom. The summed E-state index contributed by atoms with van der Waals surface area (Å²) in [7, 11) is 0. The number of piperidine rings is 1. The van der Waals surface area contributed by atoms with E-state index in [1.807, 2.05) is 49.9 Å². The van der Waals surface area contributed by atoms with Crippen molar-refractivity contribution in [3.63, 3.8) is 0 Å². The topological polar surface area (TPSA) is 108 Å². The smallest absolute Gasteiger partial charge is 0.410 e. The summed E-state index contributed by atoms with van der Waals surface area (Å²) in [5, 5.41) is 27.7. The van der Waals surface area contributed by atoms with Crippen LogP contribution in [0, 0.1) is 28.5 Å². The fourth-order valence-electron chi connectivity index (χ4n) is 6.28. The third kappa shape index (κ3) is 5.43. The number of thioether (sulfide) groups is 1. The van der Waals surface area contributed by atoms with Crippen LogP contribution in [0.5, 0.6) is 0 Å². The molecule has 6 rings (SSSR count). The molecule has 11 heteroatoms. The van der Waals surface area contributed by atoms with Crippen molar-refractivity contribution < 1.29 is 13.9 Å². The summed E-state index contributed by atoms with van der Waals surface area (Å²) < 4.78 is 24.3. The Morgan fingerprint density at radius 1 is 1.20 bits per heavy atom. The van der Waals surface area contributed by atoms with Crippen LogP contribution in [-0.2, 0) is 4.74 Å².